The molecular formula is C12H11NOS. The van der Waals surface area contributed by atoms with Crippen LogP contribution in [0.1, 0.15) is 0 Å². The molecule has 0 amide bonds. The van der Waals surface area contributed by atoms with E-state index in [4.69, 9.17) is 5.11 Å². The van der Waals surface area contributed by atoms with Crippen molar-refractivity contribution in [3.8, 4) is 17.0 Å². The van der Waals surface area contributed by atoms with Gasteiger partial charge in [0.05, 0.1) is 5.69 Å². The highest BCUT2D eigenvalue weighted by molar-refractivity contribution is 7.98. The first-order valence-electron chi connectivity index (χ1n) is 4.59. The standard InChI is InChI=1S/C12H11NOS/c1-15-11-6-7-12(13-8-11)9-2-4-10(14)5-3-9/h2-8,14H,1H3. The quantitative estimate of drug-likeness (QED) is 0.784. The van der Waals surface area contributed by atoms with Gasteiger partial charge in [-0.15, -0.1) is 11.8 Å². The number of rotatable bonds is 2. The molecule has 0 aliphatic carbocycles. The predicted molar refractivity (Wildman–Crippen MR) is 63.1 cm³/mol. The summed E-state index contributed by atoms with van der Waals surface area (Å²) in [5.74, 6) is 0.277. The summed E-state index contributed by atoms with van der Waals surface area (Å²) in [4.78, 5) is 5.50. The van der Waals surface area contributed by atoms with Crippen LogP contribution in [0.2, 0.25) is 0 Å². The van der Waals surface area contributed by atoms with E-state index in [9.17, 15) is 0 Å². The summed E-state index contributed by atoms with van der Waals surface area (Å²) in [5, 5.41) is 9.16. The number of phenols is 1. The lowest BCUT2D eigenvalue weighted by Gasteiger charge is -2.01. The number of aromatic hydroxyl groups is 1. The first kappa shape index (κ1) is 10.1. The van der Waals surface area contributed by atoms with E-state index in [1.807, 2.05) is 36.7 Å². The smallest absolute Gasteiger partial charge is 0.115 e. The second-order valence-corrected chi connectivity index (χ2v) is 4.01. The summed E-state index contributed by atoms with van der Waals surface area (Å²) in [5.41, 5.74) is 1.94. The highest BCUT2D eigenvalue weighted by atomic mass is 32.2. The Morgan fingerprint density at radius 1 is 1.07 bits per heavy atom. The summed E-state index contributed by atoms with van der Waals surface area (Å²) in [6.45, 7) is 0. The van der Waals surface area contributed by atoms with Crippen molar-refractivity contribution in [3.63, 3.8) is 0 Å². The van der Waals surface area contributed by atoms with Crippen LogP contribution in [0.5, 0.6) is 5.75 Å². The molecule has 2 rings (SSSR count). The molecule has 0 aliphatic rings. The van der Waals surface area contributed by atoms with E-state index in [0.717, 1.165) is 16.2 Å². The van der Waals surface area contributed by atoms with Gasteiger partial charge in [0, 0.05) is 16.7 Å². The maximum atomic E-state index is 9.16. The SMILES string of the molecule is CSc1ccc(-c2ccc(O)cc2)nc1. The molecule has 15 heavy (non-hydrogen) atoms. The number of hydrogen-bond donors (Lipinski definition) is 1. The average molecular weight is 217 g/mol. The fraction of sp³-hybridized carbons (Fsp3) is 0.0833. The number of hydrogen-bond acceptors (Lipinski definition) is 3. The molecule has 2 nitrogen and oxygen atoms in total. The van der Waals surface area contributed by atoms with Crippen LogP contribution in [0, 0.1) is 0 Å². The van der Waals surface area contributed by atoms with Crippen molar-refractivity contribution in [1.82, 2.24) is 4.98 Å². The third-order valence-electron chi connectivity index (χ3n) is 2.14. The minimum atomic E-state index is 0.277. The largest absolute Gasteiger partial charge is 0.508 e. The maximum absolute atomic E-state index is 9.16. The topological polar surface area (TPSA) is 33.1 Å². The van der Waals surface area contributed by atoms with Gasteiger partial charge in [-0.25, -0.2) is 0 Å². The number of phenolic OH excluding ortho intramolecular Hbond substituents is 1. The molecule has 76 valence electrons. The normalized spacial score (nSPS) is 10.2. The van der Waals surface area contributed by atoms with Crippen molar-refractivity contribution in [3.05, 3.63) is 42.6 Å². The van der Waals surface area contributed by atoms with Crippen molar-refractivity contribution in [2.75, 3.05) is 6.26 Å². The maximum Gasteiger partial charge on any atom is 0.115 e. The van der Waals surface area contributed by atoms with Crippen LogP contribution < -0.4 is 0 Å². The Morgan fingerprint density at radius 2 is 1.80 bits per heavy atom. The second kappa shape index (κ2) is 4.36. The van der Waals surface area contributed by atoms with Crippen LogP contribution in [0.4, 0.5) is 0 Å². The van der Waals surface area contributed by atoms with Crippen LogP contribution in [0.25, 0.3) is 11.3 Å². The Kier molecular flexibility index (Phi) is 2.92. The summed E-state index contributed by atoms with van der Waals surface area (Å²) in [6, 6.07) is 11.1. The van der Waals surface area contributed by atoms with Gasteiger partial charge in [-0.05, 0) is 42.7 Å². The molecule has 0 radical (unpaired) electrons. The Labute approximate surface area is 93.0 Å². The van der Waals surface area contributed by atoms with Gasteiger partial charge in [0.1, 0.15) is 5.75 Å². The van der Waals surface area contributed by atoms with Gasteiger partial charge < -0.3 is 5.11 Å². The third-order valence-corrected chi connectivity index (χ3v) is 2.85. The van der Waals surface area contributed by atoms with E-state index in [1.54, 1.807) is 23.9 Å². The van der Waals surface area contributed by atoms with Gasteiger partial charge >= 0.3 is 0 Å². The van der Waals surface area contributed by atoms with Crippen LogP contribution >= 0.6 is 11.8 Å². The Hall–Kier alpha value is -1.48. The summed E-state index contributed by atoms with van der Waals surface area (Å²) in [6.07, 6.45) is 3.88. The zero-order valence-corrected chi connectivity index (χ0v) is 9.16. The third kappa shape index (κ3) is 2.30. The summed E-state index contributed by atoms with van der Waals surface area (Å²) < 4.78 is 0. The molecule has 1 heterocycles. The zero-order valence-electron chi connectivity index (χ0n) is 8.34. The van der Waals surface area contributed by atoms with Crippen molar-refractivity contribution < 1.29 is 5.11 Å². The van der Waals surface area contributed by atoms with Crippen molar-refractivity contribution >= 4 is 11.8 Å². The lowest BCUT2D eigenvalue weighted by Crippen LogP contribution is -1.82. The lowest BCUT2D eigenvalue weighted by molar-refractivity contribution is 0.475. The molecule has 2 aromatic rings. The Balaban J connectivity index is 2.33. The Bertz CT molecular complexity index is 436. The highest BCUT2D eigenvalue weighted by Gasteiger charge is 1.99. The number of thioether (sulfide) groups is 1. The molecule has 0 bridgehead atoms. The molecule has 1 aromatic heterocycles. The number of nitrogens with zero attached hydrogens (tertiary/aromatic N) is 1. The molecule has 0 spiro atoms. The van der Waals surface area contributed by atoms with Gasteiger partial charge in [-0.3, -0.25) is 4.98 Å². The molecule has 1 N–H and O–H groups in total. The molecule has 3 heteroatoms. The molecule has 0 unspecified atom stereocenters. The van der Waals surface area contributed by atoms with Gasteiger partial charge in [-0.1, -0.05) is 0 Å². The minimum Gasteiger partial charge on any atom is -0.508 e. The molecule has 0 aliphatic heterocycles. The lowest BCUT2D eigenvalue weighted by atomic mass is 10.1. The van der Waals surface area contributed by atoms with E-state index in [-0.39, 0.29) is 5.75 Å². The van der Waals surface area contributed by atoms with Crippen LogP contribution in [0.3, 0.4) is 0 Å². The number of benzene rings is 1. The first-order valence-corrected chi connectivity index (χ1v) is 5.81. The van der Waals surface area contributed by atoms with E-state index in [1.165, 1.54) is 0 Å². The number of pyridine rings is 1. The van der Waals surface area contributed by atoms with Crippen molar-refractivity contribution in [2.45, 2.75) is 4.90 Å². The van der Waals surface area contributed by atoms with Crippen LogP contribution in [-0.2, 0) is 0 Å². The summed E-state index contributed by atoms with van der Waals surface area (Å²) >= 11 is 1.67. The molecular weight excluding hydrogens is 206 g/mol. The first-order chi connectivity index (χ1) is 7.29. The van der Waals surface area contributed by atoms with E-state index < -0.39 is 0 Å². The van der Waals surface area contributed by atoms with Crippen LogP contribution in [0.15, 0.2) is 47.5 Å². The fourth-order valence-electron chi connectivity index (χ4n) is 1.30. The fourth-order valence-corrected chi connectivity index (χ4v) is 1.67. The van der Waals surface area contributed by atoms with E-state index in [0.29, 0.717) is 0 Å². The second-order valence-electron chi connectivity index (χ2n) is 3.13. The van der Waals surface area contributed by atoms with E-state index in [2.05, 4.69) is 4.98 Å². The van der Waals surface area contributed by atoms with Crippen molar-refractivity contribution in [2.24, 2.45) is 0 Å². The van der Waals surface area contributed by atoms with Gasteiger partial charge in [0.25, 0.3) is 0 Å². The molecule has 0 saturated carbocycles. The molecule has 0 saturated heterocycles. The van der Waals surface area contributed by atoms with Gasteiger partial charge in [0.15, 0.2) is 0 Å². The summed E-state index contributed by atoms with van der Waals surface area (Å²) in [7, 11) is 0. The molecule has 0 fully saturated rings. The zero-order chi connectivity index (χ0) is 10.7. The Morgan fingerprint density at radius 3 is 2.33 bits per heavy atom. The monoisotopic (exact) mass is 217 g/mol. The van der Waals surface area contributed by atoms with Crippen molar-refractivity contribution in [1.29, 1.82) is 0 Å². The van der Waals surface area contributed by atoms with E-state index >= 15 is 0 Å². The molecule has 0 atom stereocenters. The van der Waals surface area contributed by atoms with Crippen LogP contribution in [-0.4, -0.2) is 16.3 Å². The minimum absolute atomic E-state index is 0.277. The highest BCUT2D eigenvalue weighted by Crippen LogP contribution is 2.21. The van der Waals surface area contributed by atoms with Gasteiger partial charge in [0.2, 0.25) is 0 Å². The average Bonchev–Trinajstić information content (AvgIpc) is 2.30. The predicted octanol–water partition coefficient (Wildman–Crippen LogP) is 3.18. The molecule has 1 aromatic carbocycles. The number of aromatic nitrogens is 1. The van der Waals surface area contributed by atoms with Gasteiger partial charge in [-0.2, -0.15) is 0 Å².